The van der Waals surface area contributed by atoms with Gasteiger partial charge in [0.2, 0.25) is 0 Å². The van der Waals surface area contributed by atoms with Crippen LogP contribution in [0.4, 0.5) is 0 Å². The van der Waals surface area contributed by atoms with Crippen molar-refractivity contribution in [2.24, 2.45) is 0 Å². The fourth-order valence-electron chi connectivity index (χ4n) is 5.59. The first-order chi connectivity index (χ1) is 32.3. The molecule has 67 heavy (non-hydrogen) atoms. The summed E-state index contributed by atoms with van der Waals surface area (Å²) in [5.41, 5.74) is 16.2. The lowest BCUT2D eigenvalue weighted by Crippen LogP contribution is -2.16. The van der Waals surface area contributed by atoms with Crippen LogP contribution in [0.15, 0.2) is 109 Å². The summed E-state index contributed by atoms with van der Waals surface area (Å²) in [7, 11) is -2.63. The molecule has 0 N–H and O–H groups in total. The van der Waals surface area contributed by atoms with Gasteiger partial charge in [0.1, 0.15) is 16.1 Å². The first-order valence-electron chi connectivity index (χ1n) is 23.2. The summed E-state index contributed by atoms with van der Waals surface area (Å²) < 4.78 is 0. The largest absolute Gasteiger partial charge is 0.260 e. The quantitative estimate of drug-likeness (QED) is 0.0668. The standard InChI is InChI=1S/C25H30N2Si.C22H22N2.C12H14BrNSi/c1-5-6-7-8-12-24-16-14-22(20-26-24)11-9-10-13-25-17-15-23(21-27-25)18-19-28(2,3)4;1-3-5-6-7-11-21-16-14-20(18-24-21)10-8-9-12-22-15-13-19(4-2)17-23-22;1-15(2,3)9-7-11-4-5-12(6-8-13)14-10-11/h10,13-17,20-21H,5-8,12H2,1-4H3;2,9,12-18H,3,5-7,11H2,1H3;4-6,8,10H,1-3H3/b13-10+;12-9+;8-6+. The van der Waals surface area contributed by atoms with E-state index in [-0.39, 0.29) is 0 Å². The second-order valence-corrected chi connectivity index (χ2v) is 27.8. The molecule has 0 bridgehead atoms. The van der Waals surface area contributed by atoms with Crippen molar-refractivity contribution in [3.8, 4) is 59.0 Å². The van der Waals surface area contributed by atoms with E-state index in [1.165, 1.54) is 51.4 Å². The molecule has 0 amide bonds. The molecular formula is C59H66BrN5Si2. The zero-order valence-electron chi connectivity index (χ0n) is 40.9. The molecule has 5 rings (SSSR count). The molecule has 5 nitrogen and oxygen atoms in total. The van der Waals surface area contributed by atoms with E-state index in [0.29, 0.717) is 0 Å². The Morgan fingerprint density at radius 3 is 1.16 bits per heavy atom. The number of hydrogen-bond acceptors (Lipinski definition) is 5. The molecule has 5 aromatic rings. The Balaban J connectivity index is 0.000000278. The van der Waals surface area contributed by atoms with Crippen LogP contribution in [0.5, 0.6) is 0 Å². The SMILES string of the molecule is C#Cc1ccc(/C=C/C#Cc2ccc(CCCCCC)nc2)nc1.CCCCCCc1ccc(C#C/C=C/c2ccc(C#C[Si](C)(C)C)cn2)cn1.C[Si](C)(C)C#Cc1ccc(/C=C/Br)nc1. The topological polar surface area (TPSA) is 64.5 Å². The van der Waals surface area contributed by atoms with E-state index in [9.17, 15) is 0 Å². The average molecular weight is 981 g/mol. The number of hydrogen-bond donors (Lipinski definition) is 0. The van der Waals surface area contributed by atoms with E-state index in [0.717, 1.165) is 69.1 Å². The molecule has 0 aliphatic rings. The van der Waals surface area contributed by atoms with Crippen LogP contribution in [-0.2, 0) is 12.8 Å². The van der Waals surface area contributed by atoms with Crippen molar-refractivity contribution in [2.75, 3.05) is 0 Å². The minimum absolute atomic E-state index is 0.777. The predicted molar refractivity (Wildman–Crippen MR) is 295 cm³/mol. The second-order valence-electron chi connectivity index (χ2n) is 17.8. The van der Waals surface area contributed by atoms with E-state index < -0.39 is 16.1 Å². The molecule has 0 saturated heterocycles. The molecule has 0 aromatic carbocycles. The van der Waals surface area contributed by atoms with Gasteiger partial charge in [-0.1, -0.05) is 149 Å². The van der Waals surface area contributed by atoms with E-state index in [2.05, 4.69) is 159 Å². The monoisotopic (exact) mass is 979 g/mol. The molecule has 0 spiro atoms. The van der Waals surface area contributed by atoms with E-state index in [1.54, 1.807) is 17.3 Å². The average Bonchev–Trinajstić information content (AvgIpc) is 3.32. The number of terminal acetylenes is 1. The highest BCUT2D eigenvalue weighted by Gasteiger charge is 2.08. The number of nitrogens with zero attached hydrogens (tertiary/aromatic N) is 5. The highest BCUT2D eigenvalue weighted by Crippen LogP contribution is 2.10. The second kappa shape index (κ2) is 31.6. The van der Waals surface area contributed by atoms with Gasteiger partial charge < -0.3 is 0 Å². The van der Waals surface area contributed by atoms with Crippen LogP contribution in [0, 0.1) is 59.0 Å². The van der Waals surface area contributed by atoms with Gasteiger partial charge in [0, 0.05) is 70.2 Å². The summed E-state index contributed by atoms with van der Waals surface area (Å²) in [5.74, 6) is 21.2. The number of allylic oxidation sites excluding steroid dienone is 2. The normalized spacial score (nSPS) is 10.7. The molecule has 8 heteroatoms. The molecule has 5 heterocycles. The first-order valence-corrected chi connectivity index (χ1v) is 31.1. The molecule has 0 atom stereocenters. The van der Waals surface area contributed by atoms with Crippen molar-refractivity contribution in [2.45, 2.75) is 117 Å². The maximum absolute atomic E-state index is 5.30. The van der Waals surface area contributed by atoms with Crippen molar-refractivity contribution < 1.29 is 0 Å². The summed E-state index contributed by atoms with van der Waals surface area (Å²) in [6.45, 7) is 17.9. The van der Waals surface area contributed by atoms with Gasteiger partial charge in [-0.25, -0.2) is 0 Å². The number of pyridine rings is 5. The smallest absolute Gasteiger partial charge is 0.129 e. The van der Waals surface area contributed by atoms with Gasteiger partial charge in [0.15, 0.2) is 0 Å². The molecule has 0 saturated carbocycles. The number of aryl methyl sites for hydroxylation is 2. The van der Waals surface area contributed by atoms with Crippen LogP contribution in [0.2, 0.25) is 39.3 Å². The van der Waals surface area contributed by atoms with Gasteiger partial charge in [0.05, 0.1) is 17.1 Å². The Morgan fingerprint density at radius 1 is 0.463 bits per heavy atom. The minimum atomic E-state index is -1.35. The minimum Gasteiger partial charge on any atom is -0.260 e. The van der Waals surface area contributed by atoms with Crippen LogP contribution < -0.4 is 0 Å². The van der Waals surface area contributed by atoms with Crippen LogP contribution in [0.25, 0.3) is 18.2 Å². The zero-order valence-corrected chi connectivity index (χ0v) is 44.5. The third-order valence-electron chi connectivity index (χ3n) is 9.25. The van der Waals surface area contributed by atoms with Crippen molar-refractivity contribution >= 4 is 50.3 Å². The third kappa shape index (κ3) is 26.4. The Labute approximate surface area is 414 Å². The van der Waals surface area contributed by atoms with Crippen molar-refractivity contribution in [1.29, 1.82) is 0 Å². The maximum atomic E-state index is 5.30. The van der Waals surface area contributed by atoms with Crippen molar-refractivity contribution in [1.82, 2.24) is 24.9 Å². The summed E-state index contributed by atoms with van der Waals surface area (Å²) in [6, 6.07) is 19.9. The Morgan fingerprint density at radius 2 is 0.836 bits per heavy atom. The highest BCUT2D eigenvalue weighted by molar-refractivity contribution is 9.11. The number of halogens is 1. The van der Waals surface area contributed by atoms with Crippen molar-refractivity contribution in [3.05, 3.63) is 165 Å². The van der Waals surface area contributed by atoms with Crippen LogP contribution in [-0.4, -0.2) is 41.1 Å². The van der Waals surface area contributed by atoms with E-state index in [1.807, 2.05) is 97.6 Å². The number of aromatic nitrogens is 5. The van der Waals surface area contributed by atoms with E-state index >= 15 is 0 Å². The lowest BCUT2D eigenvalue weighted by molar-refractivity contribution is 0.660. The first kappa shape index (κ1) is 55.0. The van der Waals surface area contributed by atoms with Gasteiger partial charge in [0.25, 0.3) is 0 Å². The molecule has 0 radical (unpaired) electrons. The molecule has 0 fully saturated rings. The van der Waals surface area contributed by atoms with Crippen LogP contribution >= 0.6 is 15.9 Å². The fraction of sp³-hybridized carbons (Fsp3) is 0.305. The molecule has 0 aliphatic heterocycles. The van der Waals surface area contributed by atoms with Gasteiger partial charge in [-0.3, -0.25) is 24.9 Å². The van der Waals surface area contributed by atoms with Gasteiger partial charge in [-0.05, 0) is 122 Å². The van der Waals surface area contributed by atoms with E-state index in [4.69, 9.17) is 6.42 Å². The highest BCUT2D eigenvalue weighted by atomic mass is 79.9. The molecule has 342 valence electrons. The number of rotatable bonds is 13. The summed E-state index contributed by atoms with van der Waals surface area (Å²) in [4.78, 5) is 23.7. The Hall–Kier alpha value is -6.32. The van der Waals surface area contributed by atoms with Crippen LogP contribution in [0.3, 0.4) is 0 Å². The Kier molecular flexibility index (Phi) is 25.9. The molecule has 0 aliphatic carbocycles. The van der Waals surface area contributed by atoms with Gasteiger partial charge in [-0.2, -0.15) is 0 Å². The van der Waals surface area contributed by atoms with Gasteiger partial charge >= 0.3 is 0 Å². The Bertz CT molecular complexity index is 2620. The lowest BCUT2D eigenvalue weighted by atomic mass is 10.1. The zero-order chi connectivity index (χ0) is 48.6. The predicted octanol–water partition coefficient (Wildman–Crippen LogP) is 14.2. The molecular weight excluding hydrogens is 915 g/mol. The van der Waals surface area contributed by atoms with Gasteiger partial charge in [-0.15, -0.1) is 17.5 Å². The number of unbranched alkanes of at least 4 members (excludes halogenated alkanes) is 6. The lowest BCUT2D eigenvalue weighted by Gasteiger charge is -2.03. The molecule has 0 unspecified atom stereocenters. The van der Waals surface area contributed by atoms with Crippen LogP contribution in [0.1, 0.15) is 122 Å². The van der Waals surface area contributed by atoms with Crippen molar-refractivity contribution in [3.63, 3.8) is 0 Å². The summed E-state index contributed by atoms with van der Waals surface area (Å²) in [5, 5.41) is 0. The fourth-order valence-corrected chi connectivity index (χ4v) is 6.90. The molecule has 5 aromatic heterocycles. The summed E-state index contributed by atoms with van der Waals surface area (Å²) in [6.07, 6.45) is 35.8. The third-order valence-corrected chi connectivity index (χ3v) is 11.3. The maximum Gasteiger partial charge on any atom is 0.129 e. The summed E-state index contributed by atoms with van der Waals surface area (Å²) >= 11 is 3.22.